The summed E-state index contributed by atoms with van der Waals surface area (Å²) in [4.78, 5) is 12.7. The molecule has 0 radical (unpaired) electrons. The van der Waals surface area contributed by atoms with Crippen molar-refractivity contribution >= 4 is 11.5 Å². The Morgan fingerprint density at radius 3 is 2.29 bits per heavy atom. The number of anilines is 1. The van der Waals surface area contributed by atoms with Gasteiger partial charge in [-0.2, -0.15) is 30.7 Å². The van der Waals surface area contributed by atoms with Gasteiger partial charge in [0.05, 0.1) is 6.54 Å². The second-order valence-corrected chi connectivity index (χ2v) is 6.66. The molecule has 1 unspecified atom stereocenters. The second kappa shape index (κ2) is 9.54. The highest BCUT2D eigenvalue weighted by Crippen LogP contribution is 2.29. The minimum absolute atomic E-state index is 0.144. The van der Waals surface area contributed by atoms with Crippen LogP contribution in [0, 0.1) is 0 Å². The van der Waals surface area contributed by atoms with Gasteiger partial charge in [0.2, 0.25) is 0 Å². The molecular weight excluding hydrogens is 435 g/mol. The van der Waals surface area contributed by atoms with E-state index in [1.54, 1.807) is 0 Å². The number of aliphatic hydroxyl groups is 1. The number of Topliss-reactive ketones (excluding diaryl/α,β-unsaturated/α-hetero) is 1. The van der Waals surface area contributed by atoms with Crippen molar-refractivity contribution < 1.29 is 45.4 Å². The molecule has 0 saturated carbocycles. The fraction of sp³-hybridized carbons (Fsp3) is 0.350. The Labute approximate surface area is 172 Å². The van der Waals surface area contributed by atoms with Gasteiger partial charge in [-0.15, -0.1) is 0 Å². The van der Waals surface area contributed by atoms with Crippen LogP contribution >= 0.6 is 0 Å². The molecule has 0 aromatic heterocycles. The number of carbonyl (C=O) groups is 1. The number of ketones is 1. The van der Waals surface area contributed by atoms with Gasteiger partial charge in [0.15, 0.2) is 11.9 Å². The average molecular weight is 453 g/mol. The van der Waals surface area contributed by atoms with Crippen LogP contribution in [0.4, 0.5) is 36.4 Å². The number of rotatable bonds is 9. The highest BCUT2D eigenvalue weighted by molar-refractivity contribution is 5.95. The van der Waals surface area contributed by atoms with Crippen molar-refractivity contribution in [2.45, 2.75) is 38.3 Å². The first-order valence-corrected chi connectivity index (χ1v) is 8.84. The summed E-state index contributed by atoms with van der Waals surface area (Å²) in [7, 11) is 0. The number of benzene rings is 2. The zero-order valence-electron chi connectivity index (χ0n) is 16.0. The summed E-state index contributed by atoms with van der Waals surface area (Å²) in [6.45, 7) is 0.00704. The fourth-order valence-corrected chi connectivity index (χ4v) is 2.62. The van der Waals surface area contributed by atoms with Crippen LogP contribution in [-0.4, -0.2) is 42.2 Å². The summed E-state index contributed by atoms with van der Waals surface area (Å²) in [5.41, 5.74) is 0.503. The molecule has 0 aliphatic heterocycles. The summed E-state index contributed by atoms with van der Waals surface area (Å²) < 4.78 is 93.6. The predicted octanol–water partition coefficient (Wildman–Crippen LogP) is 5.06. The van der Waals surface area contributed by atoms with Gasteiger partial charge in [-0.1, -0.05) is 24.3 Å². The topological polar surface area (TPSA) is 49.8 Å². The molecule has 0 bridgehead atoms. The Hall–Kier alpha value is -2.82. The molecule has 170 valence electrons. The number of nitrogens with zero attached hydrogens (tertiary/aromatic N) is 1. The number of aliphatic hydroxyl groups excluding tert-OH is 1. The van der Waals surface area contributed by atoms with E-state index in [0.717, 1.165) is 17.0 Å². The molecule has 0 fully saturated rings. The minimum atomic E-state index is -4.93. The van der Waals surface area contributed by atoms with Gasteiger partial charge in [-0.25, -0.2) is 0 Å². The van der Waals surface area contributed by atoms with Crippen LogP contribution in [-0.2, 0) is 6.54 Å². The van der Waals surface area contributed by atoms with Crippen LogP contribution in [0.2, 0.25) is 0 Å². The third kappa shape index (κ3) is 6.84. The molecule has 0 amide bonds. The normalized spacial score (nSPS) is 13.2. The van der Waals surface area contributed by atoms with Gasteiger partial charge in [-0.3, -0.25) is 4.79 Å². The van der Waals surface area contributed by atoms with E-state index in [2.05, 4.69) is 4.74 Å². The van der Waals surface area contributed by atoms with E-state index in [9.17, 15) is 40.6 Å². The lowest BCUT2D eigenvalue weighted by molar-refractivity contribution is -0.253. The van der Waals surface area contributed by atoms with Crippen molar-refractivity contribution in [1.82, 2.24) is 0 Å². The highest BCUT2D eigenvalue weighted by atomic mass is 19.4. The van der Waals surface area contributed by atoms with E-state index in [0.29, 0.717) is 0 Å². The van der Waals surface area contributed by atoms with E-state index >= 15 is 0 Å². The quantitative estimate of drug-likeness (QED) is 0.426. The maximum absolute atomic E-state index is 13.1. The van der Waals surface area contributed by atoms with Gasteiger partial charge >= 0.3 is 18.7 Å². The first kappa shape index (κ1) is 24.4. The maximum atomic E-state index is 13.1. The molecule has 1 atom stereocenters. The fourth-order valence-electron chi connectivity index (χ4n) is 2.62. The van der Waals surface area contributed by atoms with Crippen molar-refractivity contribution in [1.29, 1.82) is 0 Å². The molecule has 0 spiro atoms. The molecule has 4 nitrogen and oxygen atoms in total. The molecule has 1 N–H and O–H groups in total. The molecule has 2 rings (SSSR count). The predicted molar refractivity (Wildman–Crippen MR) is 97.6 cm³/mol. The second-order valence-electron chi connectivity index (χ2n) is 6.66. The van der Waals surface area contributed by atoms with E-state index in [1.165, 1.54) is 43.3 Å². The number of alkyl halides is 7. The number of hydrogen-bond acceptors (Lipinski definition) is 4. The molecule has 0 aliphatic carbocycles. The van der Waals surface area contributed by atoms with E-state index in [-0.39, 0.29) is 29.1 Å². The molecule has 0 heterocycles. The van der Waals surface area contributed by atoms with Gasteiger partial charge in [-0.05, 0) is 36.8 Å². The summed E-state index contributed by atoms with van der Waals surface area (Å²) in [6.07, 6.45) is -16.5. The minimum Gasteiger partial charge on any atom is -0.428 e. The summed E-state index contributed by atoms with van der Waals surface area (Å²) in [6, 6.07) is 10.1. The molecule has 31 heavy (non-hydrogen) atoms. The lowest BCUT2D eigenvalue weighted by Gasteiger charge is -2.29. The van der Waals surface area contributed by atoms with Gasteiger partial charge in [0.1, 0.15) is 5.75 Å². The number of hydrogen-bond donors (Lipinski definition) is 1. The Morgan fingerprint density at radius 2 is 1.71 bits per heavy atom. The Bertz CT molecular complexity index is 902. The first-order chi connectivity index (χ1) is 14.3. The first-order valence-electron chi connectivity index (χ1n) is 8.84. The molecular formula is C20H18F7NO3. The van der Waals surface area contributed by atoms with Gasteiger partial charge < -0.3 is 14.7 Å². The van der Waals surface area contributed by atoms with Crippen LogP contribution in [0.15, 0.2) is 48.5 Å². The summed E-state index contributed by atoms with van der Waals surface area (Å²) in [5.74, 6) is -0.959. The lowest BCUT2D eigenvalue weighted by Crippen LogP contribution is -2.41. The Morgan fingerprint density at radius 1 is 1.06 bits per heavy atom. The average Bonchev–Trinajstić information content (AvgIpc) is 2.66. The molecule has 0 aliphatic rings. The van der Waals surface area contributed by atoms with Gasteiger partial charge in [0, 0.05) is 17.8 Å². The molecule has 2 aromatic rings. The SMILES string of the molecule is CC(=O)c1cccc(N(Cc2cccc(OC(F)(F)C(F)F)c2)CC(O)C(F)(F)F)c1. The number of halogens is 7. The van der Waals surface area contributed by atoms with Crippen molar-refractivity contribution in [2.75, 3.05) is 11.4 Å². The Kier molecular flexibility index (Phi) is 7.53. The standard InChI is InChI=1S/C20H18F7NO3/c1-12(29)14-5-3-6-15(9-14)28(11-17(30)19(23,24)25)10-13-4-2-7-16(8-13)31-20(26,27)18(21)22/h2-9,17-18,30H,10-11H2,1H3. The molecule has 0 saturated heterocycles. The van der Waals surface area contributed by atoms with Crippen LogP contribution in [0.25, 0.3) is 0 Å². The van der Waals surface area contributed by atoms with Crippen LogP contribution < -0.4 is 9.64 Å². The van der Waals surface area contributed by atoms with Crippen LogP contribution in [0.3, 0.4) is 0 Å². The summed E-state index contributed by atoms with van der Waals surface area (Å²) >= 11 is 0. The van der Waals surface area contributed by atoms with E-state index < -0.39 is 37.1 Å². The third-order valence-corrected chi connectivity index (χ3v) is 4.17. The molecule has 2 aromatic carbocycles. The van der Waals surface area contributed by atoms with Crippen LogP contribution in [0.5, 0.6) is 5.75 Å². The maximum Gasteiger partial charge on any atom is 0.461 e. The van der Waals surface area contributed by atoms with Crippen molar-refractivity contribution in [2.24, 2.45) is 0 Å². The monoisotopic (exact) mass is 453 g/mol. The van der Waals surface area contributed by atoms with E-state index in [1.807, 2.05) is 0 Å². The largest absolute Gasteiger partial charge is 0.461 e. The van der Waals surface area contributed by atoms with Crippen molar-refractivity contribution in [3.05, 3.63) is 59.7 Å². The lowest BCUT2D eigenvalue weighted by atomic mass is 10.1. The highest BCUT2D eigenvalue weighted by Gasteiger charge is 2.44. The van der Waals surface area contributed by atoms with Crippen molar-refractivity contribution in [3.8, 4) is 5.75 Å². The van der Waals surface area contributed by atoms with Gasteiger partial charge in [0.25, 0.3) is 0 Å². The number of carbonyl (C=O) groups excluding carboxylic acids is 1. The van der Waals surface area contributed by atoms with Crippen molar-refractivity contribution in [3.63, 3.8) is 0 Å². The zero-order chi connectivity index (χ0) is 23.4. The van der Waals surface area contributed by atoms with E-state index in [4.69, 9.17) is 0 Å². The van der Waals surface area contributed by atoms with Crippen LogP contribution in [0.1, 0.15) is 22.8 Å². The smallest absolute Gasteiger partial charge is 0.428 e. The Balaban J connectivity index is 2.34. The molecule has 11 heteroatoms. The summed E-state index contributed by atoms with van der Waals surface area (Å²) in [5, 5.41) is 9.50. The zero-order valence-corrected chi connectivity index (χ0v) is 16.0. The third-order valence-electron chi connectivity index (χ3n) is 4.17. The number of ether oxygens (including phenoxy) is 1.